The zero-order valence-corrected chi connectivity index (χ0v) is 10.9. The van der Waals surface area contributed by atoms with Crippen LogP contribution in [0.5, 0.6) is 0 Å². The molecule has 0 spiro atoms. The molecule has 2 N–H and O–H groups in total. The molecule has 0 unspecified atom stereocenters. The van der Waals surface area contributed by atoms with Crippen LogP contribution in [0.4, 0.5) is 0 Å². The molecule has 0 aliphatic heterocycles. The van der Waals surface area contributed by atoms with E-state index in [1.807, 2.05) is 12.1 Å². The van der Waals surface area contributed by atoms with Gasteiger partial charge >= 0.3 is 5.97 Å². The number of carbonyl (C=O) groups excluding carboxylic acids is 1. The van der Waals surface area contributed by atoms with Crippen LogP contribution in [0.25, 0.3) is 0 Å². The topological polar surface area (TPSA) is 99.2 Å². The third kappa shape index (κ3) is 3.00. The Bertz CT molecular complexity index is 609. The summed E-state index contributed by atoms with van der Waals surface area (Å²) in [4.78, 5) is 34.7. The van der Waals surface area contributed by atoms with Crippen molar-refractivity contribution in [2.75, 3.05) is 13.6 Å². The molecule has 7 nitrogen and oxygen atoms in total. The fraction of sp³-hybridized carbons (Fsp3) is 0.231. The van der Waals surface area contributed by atoms with Crippen LogP contribution in [-0.4, -0.2) is 50.4 Å². The number of H-pyrrole nitrogens is 1. The fourth-order valence-electron chi connectivity index (χ4n) is 1.75. The number of hydrogen-bond acceptors (Lipinski definition) is 4. The van der Waals surface area contributed by atoms with Crippen LogP contribution in [0, 0.1) is 0 Å². The Morgan fingerprint density at radius 3 is 2.70 bits per heavy atom. The lowest BCUT2D eigenvalue weighted by molar-refractivity contribution is 0.0675. The van der Waals surface area contributed by atoms with E-state index in [9.17, 15) is 9.59 Å². The molecule has 0 saturated carbocycles. The second-order valence-electron chi connectivity index (χ2n) is 4.26. The maximum atomic E-state index is 12.1. The summed E-state index contributed by atoms with van der Waals surface area (Å²) in [6.45, 7) is 0.467. The Kier molecular flexibility index (Phi) is 4.09. The number of rotatable bonds is 5. The molecule has 0 aromatic carbocycles. The van der Waals surface area contributed by atoms with Crippen molar-refractivity contribution in [3.8, 4) is 0 Å². The number of pyridine rings is 1. The maximum absolute atomic E-state index is 12.1. The summed E-state index contributed by atoms with van der Waals surface area (Å²) in [5, 5.41) is 8.94. The molecule has 2 aromatic heterocycles. The molecule has 0 saturated heterocycles. The monoisotopic (exact) mass is 274 g/mol. The predicted molar refractivity (Wildman–Crippen MR) is 70.4 cm³/mol. The maximum Gasteiger partial charge on any atom is 0.354 e. The van der Waals surface area contributed by atoms with Crippen molar-refractivity contribution in [2.45, 2.75) is 6.42 Å². The van der Waals surface area contributed by atoms with Crippen LogP contribution in [0.15, 0.2) is 30.9 Å². The van der Waals surface area contributed by atoms with Crippen LogP contribution in [0.1, 0.15) is 26.5 Å². The minimum absolute atomic E-state index is 0.0743. The highest BCUT2D eigenvalue weighted by Gasteiger charge is 2.22. The quantitative estimate of drug-likeness (QED) is 0.840. The number of nitrogens with one attached hydrogen (secondary N) is 1. The largest absolute Gasteiger partial charge is 0.477 e. The molecular weight excluding hydrogens is 260 g/mol. The number of carboxylic acids is 1. The molecule has 1 amide bonds. The lowest BCUT2D eigenvalue weighted by Crippen LogP contribution is -2.30. The first kappa shape index (κ1) is 13.7. The van der Waals surface area contributed by atoms with Crippen molar-refractivity contribution in [3.05, 3.63) is 47.8 Å². The van der Waals surface area contributed by atoms with Crippen molar-refractivity contribution >= 4 is 11.9 Å². The van der Waals surface area contributed by atoms with Gasteiger partial charge in [0.15, 0.2) is 11.4 Å². The molecule has 0 aliphatic carbocycles. The van der Waals surface area contributed by atoms with E-state index < -0.39 is 11.9 Å². The van der Waals surface area contributed by atoms with Crippen LogP contribution in [-0.2, 0) is 6.42 Å². The number of aromatic nitrogens is 3. The first-order valence-electron chi connectivity index (χ1n) is 6.00. The minimum Gasteiger partial charge on any atom is -0.477 e. The Hall–Kier alpha value is -2.70. The van der Waals surface area contributed by atoms with Crippen molar-refractivity contribution < 1.29 is 14.7 Å². The van der Waals surface area contributed by atoms with Gasteiger partial charge in [-0.3, -0.25) is 9.78 Å². The summed E-state index contributed by atoms with van der Waals surface area (Å²) in [6, 6.07) is 3.74. The van der Waals surface area contributed by atoms with Gasteiger partial charge in [0.2, 0.25) is 0 Å². The van der Waals surface area contributed by atoms with E-state index in [1.165, 1.54) is 11.2 Å². The van der Waals surface area contributed by atoms with Crippen LogP contribution >= 0.6 is 0 Å². The number of amides is 1. The Balaban J connectivity index is 2.02. The number of aromatic amines is 1. The zero-order chi connectivity index (χ0) is 14.5. The van der Waals surface area contributed by atoms with Crippen molar-refractivity contribution in [3.63, 3.8) is 0 Å². The predicted octanol–water partition coefficient (Wildman–Crippen LogP) is 0.818. The van der Waals surface area contributed by atoms with E-state index in [0.29, 0.717) is 13.0 Å². The van der Waals surface area contributed by atoms with Crippen molar-refractivity contribution in [1.29, 1.82) is 0 Å². The van der Waals surface area contributed by atoms with Gasteiger partial charge in [-0.15, -0.1) is 0 Å². The summed E-state index contributed by atoms with van der Waals surface area (Å²) in [7, 11) is 1.61. The van der Waals surface area contributed by atoms with E-state index in [4.69, 9.17) is 5.11 Å². The molecule has 2 heterocycles. The SMILES string of the molecule is CN(CCc1ccncc1)C(=O)c1nc[nH]c1C(=O)O. The number of carbonyl (C=O) groups is 2. The number of hydrogen-bond donors (Lipinski definition) is 2. The first-order chi connectivity index (χ1) is 9.59. The second-order valence-corrected chi connectivity index (χ2v) is 4.26. The van der Waals surface area contributed by atoms with Gasteiger partial charge in [0.05, 0.1) is 6.33 Å². The van der Waals surface area contributed by atoms with Gasteiger partial charge in [0, 0.05) is 26.0 Å². The van der Waals surface area contributed by atoms with Gasteiger partial charge in [-0.2, -0.15) is 0 Å². The van der Waals surface area contributed by atoms with Crippen molar-refractivity contribution in [2.24, 2.45) is 0 Å². The molecule has 2 aromatic rings. The zero-order valence-electron chi connectivity index (χ0n) is 10.9. The lowest BCUT2D eigenvalue weighted by Gasteiger charge is -2.16. The third-order valence-electron chi connectivity index (χ3n) is 2.89. The fourth-order valence-corrected chi connectivity index (χ4v) is 1.75. The molecule has 104 valence electrons. The van der Waals surface area contributed by atoms with Gasteiger partial charge in [0.25, 0.3) is 5.91 Å². The Morgan fingerprint density at radius 1 is 1.35 bits per heavy atom. The number of imidazole rings is 1. The second kappa shape index (κ2) is 5.96. The standard InChI is InChI=1S/C13H14N4O3/c1-17(7-4-9-2-5-14-6-3-9)12(18)10-11(13(19)20)16-8-15-10/h2-3,5-6,8H,4,7H2,1H3,(H,15,16)(H,19,20). The molecule has 0 radical (unpaired) electrons. The summed E-state index contributed by atoms with van der Waals surface area (Å²) in [5.41, 5.74) is 0.792. The normalized spacial score (nSPS) is 10.2. The molecule has 7 heteroatoms. The average Bonchev–Trinajstić information content (AvgIpc) is 2.94. The van der Waals surface area contributed by atoms with Crippen LogP contribution in [0.3, 0.4) is 0 Å². The van der Waals surface area contributed by atoms with E-state index in [2.05, 4.69) is 15.0 Å². The highest BCUT2D eigenvalue weighted by atomic mass is 16.4. The van der Waals surface area contributed by atoms with Gasteiger partial charge in [0.1, 0.15) is 0 Å². The molecule has 0 fully saturated rings. The third-order valence-corrected chi connectivity index (χ3v) is 2.89. The number of likely N-dealkylation sites (N-methyl/N-ethyl adjacent to an activating group) is 1. The summed E-state index contributed by atoms with van der Waals surface area (Å²) < 4.78 is 0. The highest BCUT2D eigenvalue weighted by Crippen LogP contribution is 2.07. The molecule has 0 atom stereocenters. The number of nitrogens with zero attached hydrogens (tertiary/aromatic N) is 3. The Labute approximate surface area is 115 Å². The number of aromatic carboxylic acids is 1. The summed E-state index contributed by atoms with van der Waals surface area (Å²) in [6.07, 6.45) is 5.24. The smallest absolute Gasteiger partial charge is 0.354 e. The molecule has 2 rings (SSSR count). The van der Waals surface area contributed by atoms with E-state index in [0.717, 1.165) is 5.56 Å². The molecular formula is C13H14N4O3. The van der Waals surface area contributed by atoms with Gasteiger partial charge in [-0.1, -0.05) is 0 Å². The van der Waals surface area contributed by atoms with E-state index in [1.54, 1.807) is 19.4 Å². The average molecular weight is 274 g/mol. The first-order valence-corrected chi connectivity index (χ1v) is 6.00. The Morgan fingerprint density at radius 2 is 2.05 bits per heavy atom. The van der Waals surface area contributed by atoms with Gasteiger partial charge in [-0.25, -0.2) is 9.78 Å². The highest BCUT2D eigenvalue weighted by molar-refractivity contribution is 6.02. The summed E-state index contributed by atoms with van der Waals surface area (Å²) in [5.74, 6) is -1.62. The van der Waals surface area contributed by atoms with Crippen LogP contribution < -0.4 is 0 Å². The lowest BCUT2D eigenvalue weighted by atomic mass is 10.2. The molecule has 0 bridgehead atoms. The molecule has 20 heavy (non-hydrogen) atoms. The minimum atomic E-state index is -1.20. The van der Waals surface area contributed by atoms with E-state index in [-0.39, 0.29) is 11.4 Å². The molecule has 0 aliphatic rings. The van der Waals surface area contributed by atoms with Crippen LogP contribution in [0.2, 0.25) is 0 Å². The van der Waals surface area contributed by atoms with Gasteiger partial charge in [-0.05, 0) is 24.1 Å². The number of carboxylic acid groups (broad SMARTS) is 1. The van der Waals surface area contributed by atoms with Crippen molar-refractivity contribution in [1.82, 2.24) is 19.9 Å². The van der Waals surface area contributed by atoms with E-state index >= 15 is 0 Å². The summed E-state index contributed by atoms with van der Waals surface area (Å²) >= 11 is 0. The van der Waals surface area contributed by atoms with Gasteiger partial charge < -0.3 is 15.0 Å².